The highest BCUT2D eigenvalue weighted by atomic mass is 14.6. The van der Waals surface area contributed by atoms with E-state index in [2.05, 4.69) is 55.5 Å². The van der Waals surface area contributed by atoms with E-state index in [0.717, 1.165) is 5.92 Å². The molecule has 1 unspecified atom stereocenters. The zero-order valence-electron chi connectivity index (χ0n) is 12.9. The van der Waals surface area contributed by atoms with Crippen LogP contribution in [-0.4, -0.2) is 0 Å². The predicted molar refractivity (Wildman–Crippen MR) is 90.3 cm³/mol. The lowest BCUT2D eigenvalue weighted by molar-refractivity contribution is 0.443. The van der Waals surface area contributed by atoms with E-state index in [4.69, 9.17) is 5.73 Å². The van der Waals surface area contributed by atoms with E-state index in [-0.39, 0.29) is 6.04 Å². The van der Waals surface area contributed by atoms with E-state index in [1.807, 2.05) is 0 Å². The van der Waals surface area contributed by atoms with Crippen LogP contribution in [0.3, 0.4) is 0 Å². The Hall–Kier alpha value is -1.60. The zero-order valence-corrected chi connectivity index (χ0v) is 12.9. The molecule has 1 nitrogen and oxygen atoms in total. The maximum absolute atomic E-state index is 6.10. The van der Waals surface area contributed by atoms with Crippen LogP contribution in [0.15, 0.2) is 48.5 Å². The standard InChI is InChI=1S/C20H25N/c1-15(21)19-9-5-6-10-20(19)18-13-11-17(12-14-18)16-7-3-2-4-8-16/h5-6,9-16H,2-4,7-8,21H2,1H3. The van der Waals surface area contributed by atoms with Gasteiger partial charge in [-0.2, -0.15) is 0 Å². The van der Waals surface area contributed by atoms with Crippen molar-refractivity contribution in [3.63, 3.8) is 0 Å². The third-order valence-electron chi connectivity index (χ3n) is 4.75. The summed E-state index contributed by atoms with van der Waals surface area (Å²) in [6.07, 6.45) is 6.90. The minimum absolute atomic E-state index is 0.0687. The second-order valence-electron chi connectivity index (χ2n) is 6.33. The van der Waals surface area contributed by atoms with Gasteiger partial charge in [0.1, 0.15) is 0 Å². The molecule has 1 aliphatic rings. The van der Waals surface area contributed by atoms with Crippen LogP contribution in [0.1, 0.15) is 62.1 Å². The summed E-state index contributed by atoms with van der Waals surface area (Å²) in [6.45, 7) is 2.05. The average molecular weight is 279 g/mol. The van der Waals surface area contributed by atoms with Crippen molar-refractivity contribution < 1.29 is 0 Å². The third-order valence-corrected chi connectivity index (χ3v) is 4.75. The Labute approximate surface area is 128 Å². The fraction of sp³-hybridized carbons (Fsp3) is 0.400. The zero-order chi connectivity index (χ0) is 14.7. The Morgan fingerprint density at radius 3 is 2.24 bits per heavy atom. The summed E-state index contributed by atoms with van der Waals surface area (Å²) >= 11 is 0. The van der Waals surface area contributed by atoms with E-state index < -0.39 is 0 Å². The van der Waals surface area contributed by atoms with Crippen molar-refractivity contribution in [1.82, 2.24) is 0 Å². The quantitative estimate of drug-likeness (QED) is 0.797. The molecule has 0 amide bonds. The molecule has 1 atom stereocenters. The Balaban J connectivity index is 1.87. The van der Waals surface area contributed by atoms with Crippen molar-refractivity contribution in [2.24, 2.45) is 5.73 Å². The first kappa shape index (κ1) is 14.3. The van der Waals surface area contributed by atoms with Crippen LogP contribution >= 0.6 is 0 Å². The van der Waals surface area contributed by atoms with Crippen LogP contribution in [0, 0.1) is 0 Å². The number of nitrogens with two attached hydrogens (primary N) is 1. The van der Waals surface area contributed by atoms with Crippen molar-refractivity contribution >= 4 is 0 Å². The van der Waals surface area contributed by atoms with Gasteiger partial charge in [0.15, 0.2) is 0 Å². The van der Waals surface area contributed by atoms with E-state index in [0.29, 0.717) is 0 Å². The second-order valence-corrected chi connectivity index (χ2v) is 6.33. The molecular weight excluding hydrogens is 254 g/mol. The van der Waals surface area contributed by atoms with Gasteiger partial charge in [0.2, 0.25) is 0 Å². The molecule has 2 aromatic carbocycles. The van der Waals surface area contributed by atoms with Gasteiger partial charge in [0, 0.05) is 6.04 Å². The van der Waals surface area contributed by atoms with Crippen molar-refractivity contribution in [2.45, 2.75) is 51.0 Å². The number of benzene rings is 2. The van der Waals surface area contributed by atoms with Gasteiger partial charge >= 0.3 is 0 Å². The molecule has 0 aromatic heterocycles. The van der Waals surface area contributed by atoms with Gasteiger partial charge in [-0.15, -0.1) is 0 Å². The molecule has 0 radical (unpaired) electrons. The van der Waals surface area contributed by atoms with E-state index >= 15 is 0 Å². The van der Waals surface area contributed by atoms with Gasteiger partial charge in [-0.05, 0) is 47.9 Å². The normalized spacial score (nSPS) is 17.6. The van der Waals surface area contributed by atoms with E-state index in [1.54, 1.807) is 0 Å². The predicted octanol–water partition coefficient (Wildman–Crippen LogP) is 5.42. The molecule has 1 aliphatic carbocycles. The molecule has 1 fully saturated rings. The lowest BCUT2D eigenvalue weighted by atomic mass is 9.83. The highest BCUT2D eigenvalue weighted by molar-refractivity contribution is 5.68. The molecule has 0 aliphatic heterocycles. The summed E-state index contributed by atoms with van der Waals surface area (Å²) in [5, 5.41) is 0. The van der Waals surface area contributed by atoms with Gasteiger partial charge in [0.05, 0.1) is 0 Å². The van der Waals surface area contributed by atoms with Gasteiger partial charge in [-0.25, -0.2) is 0 Å². The fourth-order valence-corrected chi connectivity index (χ4v) is 3.53. The summed E-state index contributed by atoms with van der Waals surface area (Å²) < 4.78 is 0. The molecule has 0 spiro atoms. The van der Waals surface area contributed by atoms with Crippen LogP contribution in [0.2, 0.25) is 0 Å². The highest BCUT2D eigenvalue weighted by Gasteiger charge is 2.15. The SMILES string of the molecule is CC(N)c1ccccc1-c1ccc(C2CCCCC2)cc1. The van der Waals surface area contributed by atoms with Crippen molar-refractivity contribution in [2.75, 3.05) is 0 Å². The van der Waals surface area contributed by atoms with E-state index in [9.17, 15) is 0 Å². The molecule has 0 saturated heterocycles. The van der Waals surface area contributed by atoms with Gasteiger partial charge in [0.25, 0.3) is 0 Å². The second kappa shape index (κ2) is 6.44. The highest BCUT2D eigenvalue weighted by Crippen LogP contribution is 2.34. The average Bonchev–Trinajstić information content (AvgIpc) is 2.56. The van der Waals surface area contributed by atoms with Crippen LogP contribution in [0.4, 0.5) is 0 Å². The molecule has 2 aromatic rings. The van der Waals surface area contributed by atoms with Crippen LogP contribution < -0.4 is 5.73 Å². The molecular formula is C20H25N. The fourth-order valence-electron chi connectivity index (χ4n) is 3.53. The summed E-state index contributed by atoms with van der Waals surface area (Å²) in [7, 11) is 0. The van der Waals surface area contributed by atoms with Gasteiger partial charge in [-0.3, -0.25) is 0 Å². The molecule has 1 heteroatoms. The molecule has 1 saturated carbocycles. The van der Waals surface area contributed by atoms with Gasteiger partial charge < -0.3 is 5.73 Å². The Morgan fingerprint density at radius 2 is 1.57 bits per heavy atom. The van der Waals surface area contributed by atoms with Crippen molar-refractivity contribution in [3.05, 3.63) is 59.7 Å². The number of hydrogen-bond donors (Lipinski definition) is 1. The minimum atomic E-state index is 0.0687. The van der Waals surface area contributed by atoms with Crippen molar-refractivity contribution in [3.8, 4) is 11.1 Å². The molecule has 3 rings (SSSR count). The minimum Gasteiger partial charge on any atom is -0.324 e. The molecule has 2 N–H and O–H groups in total. The van der Waals surface area contributed by atoms with E-state index in [1.165, 1.54) is 54.4 Å². The first-order valence-electron chi connectivity index (χ1n) is 8.20. The van der Waals surface area contributed by atoms with Crippen molar-refractivity contribution in [1.29, 1.82) is 0 Å². The van der Waals surface area contributed by atoms with Crippen LogP contribution in [-0.2, 0) is 0 Å². The van der Waals surface area contributed by atoms with Crippen LogP contribution in [0.25, 0.3) is 11.1 Å². The molecule has 0 bridgehead atoms. The lowest BCUT2D eigenvalue weighted by Gasteiger charge is -2.22. The monoisotopic (exact) mass is 279 g/mol. The third kappa shape index (κ3) is 3.19. The topological polar surface area (TPSA) is 26.0 Å². The Kier molecular flexibility index (Phi) is 4.40. The lowest BCUT2D eigenvalue weighted by Crippen LogP contribution is -2.06. The first-order chi connectivity index (χ1) is 10.3. The summed E-state index contributed by atoms with van der Waals surface area (Å²) in [5.74, 6) is 0.775. The Bertz CT molecular complexity index is 577. The molecule has 0 heterocycles. The largest absolute Gasteiger partial charge is 0.324 e. The summed E-state index contributed by atoms with van der Waals surface area (Å²) in [6, 6.07) is 17.7. The maximum atomic E-state index is 6.10. The van der Waals surface area contributed by atoms with Crippen LogP contribution in [0.5, 0.6) is 0 Å². The number of hydrogen-bond acceptors (Lipinski definition) is 1. The molecule has 110 valence electrons. The summed E-state index contributed by atoms with van der Waals surface area (Å²) in [4.78, 5) is 0. The Morgan fingerprint density at radius 1 is 0.905 bits per heavy atom. The molecule has 21 heavy (non-hydrogen) atoms. The van der Waals surface area contributed by atoms with Gasteiger partial charge in [-0.1, -0.05) is 67.8 Å². The first-order valence-corrected chi connectivity index (χ1v) is 8.20. The smallest absolute Gasteiger partial charge is 0.0272 e. The maximum Gasteiger partial charge on any atom is 0.0272 e. The number of rotatable bonds is 3. The summed E-state index contributed by atoms with van der Waals surface area (Å²) in [5.41, 5.74) is 11.4.